The zero-order valence-corrected chi connectivity index (χ0v) is 13.0. The summed E-state index contributed by atoms with van der Waals surface area (Å²) in [6, 6.07) is 0.349. The molecule has 1 N–H and O–H groups in total. The summed E-state index contributed by atoms with van der Waals surface area (Å²) >= 11 is 1.76. The first kappa shape index (κ1) is 14.8. The fraction of sp³-hybridized carbons (Fsp3) is 0.786. The van der Waals surface area contributed by atoms with Crippen LogP contribution in [-0.4, -0.2) is 38.3 Å². The molecule has 4 nitrogen and oxygen atoms in total. The van der Waals surface area contributed by atoms with Gasteiger partial charge in [-0.25, -0.2) is 4.98 Å². The van der Waals surface area contributed by atoms with Gasteiger partial charge >= 0.3 is 0 Å². The lowest BCUT2D eigenvalue weighted by Gasteiger charge is -2.15. The van der Waals surface area contributed by atoms with E-state index >= 15 is 0 Å². The van der Waals surface area contributed by atoms with Crippen LogP contribution in [0.5, 0.6) is 0 Å². The first-order chi connectivity index (χ1) is 9.24. The Bertz CT molecular complexity index is 383. The lowest BCUT2D eigenvalue weighted by Crippen LogP contribution is -2.22. The van der Waals surface area contributed by atoms with Gasteiger partial charge in [0.2, 0.25) is 0 Å². The Labute approximate surface area is 120 Å². The van der Waals surface area contributed by atoms with Gasteiger partial charge in [-0.05, 0) is 26.3 Å². The van der Waals surface area contributed by atoms with E-state index in [1.807, 2.05) is 0 Å². The van der Waals surface area contributed by atoms with Crippen LogP contribution in [0.25, 0.3) is 0 Å². The van der Waals surface area contributed by atoms with Gasteiger partial charge < -0.3 is 15.0 Å². The first-order valence-electron chi connectivity index (χ1n) is 7.17. The van der Waals surface area contributed by atoms with Gasteiger partial charge in [0.25, 0.3) is 0 Å². The molecule has 0 radical (unpaired) electrons. The maximum atomic E-state index is 5.24. The van der Waals surface area contributed by atoms with Gasteiger partial charge in [-0.2, -0.15) is 0 Å². The highest BCUT2D eigenvalue weighted by atomic mass is 32.1. The number of anilines is 1. The van der Waals surface area contributed by atoms with E-state index in [0.717, 1.165) is 32.7 Å². The zero-order chi connectivity index (χ0) is 13.7. The summed E-state index contributed by atoms with van der Waals surface area (Å²) < 4.78 is 5.24. The van der Waals surface area contributed by atoms with Crippen molar-refractivity contribution in [3.8, 4) is 0 Å². The second kappa shape index (κ2) is 7.22. The molecule has 108 valence electrons. The fourth-order valence-electron chi connectivity index (χ4n) is 2.46. The van der Waals surface area contributed by atoms with E-state index in [1.54, 1.807) is 18.4 Å². The molecule has 2 rings (SSSR count). The molecule has 19 heavy (non-hydrogen) atoms. The maximum Gasteiger partial charge on any atom is 0.185 e. The predicted molar refractivity (Wildman–Crippen MR) is 81.0 cm³/mol. The Morgan fingerprint density at radius 3 is 3.21 bits per heavy atom. The largest absolute Gasteiger partial charge is 0.384 e. The molecule has 0 aromatic carbocycles. The van der Waals surface area contributed by atoms with Crippen molar-refractivity contribution >= 4 is 16.5 Å². The van der Waals surface area contributed by atoms with Gasteiger partial charge in [0.1, 0.15) is 0 Å². The molecule has 1 aliphatic heterocycles. The molecule has 0 spiro atoms. The van der Waals surface area contributed by atoms with Gasteiger partial charge in [0.15, 0.2) is 5.13 Å². The van der Waals surface area contributed by atoms with Crippen molar-refractivity contribution in [1.82, 2.24) is 10.3 Å². The molecule has 2 heterocycles. The zero-order valence-electron chi connectivity index (χ0n) is 12.2. The lowest BCUT2D eigenvalue weighted by atomic mass is 10.1. The molecule has 0 saturated carbocycles. The topological polar surface area (TPSA) is 37.4 Å². The third-order valence-corrected chi connectivity index (χ3v) is 4.53. The fourth-order valence-corrected chi connectivity index (χ4v) is 3.42. The van der Waals surface area contributed by atoms with E-state index in [2.05, 4.69) is 29.4 Å². The molecule has 1 saturated heterocycles. The van der Waals surface area contributed by atoms with Crippen molar-refractivity contribution in [1.29, 1.82) is 0 Å². The van der Waals surface area contributed by atoms with E-state index in [1.165, 1.54) is 17.2 Å². The van der Waals surface area contributed by atoms with Gasteiger partial charge in [-0.15, -0.1) is 11.3 Å². The van der Waals surface area contributed by atoms with Crippen LogP contribution in [0.2, 0.25) is 0 Å². The van der Waals surface area contributed by atoms with Crippen molar-refractivity contribution in [2.45, 2.75) is 32.7 Å². The molecule has 0 amide bonds. The molecular weight excluding hydrogens is 258 g/mol. The number of hydrogen-bond acceptors (Lipinski definition) is 5. The molecule has 2 atom stereocenters. The molecule has 0 aliphatic carbocycles. The molecule has 0 bridgehead atoms. The van der Waals surface area contributed by atoms with Gasteiger partial charge in [-0.3, -0.25) is 0 Å². The molecule has 2 unspecified atom stereocenters. The number of rotatable bonds is 7. The number of hydrogen-bond donors (Lipinski definition) is 1. The minimum absolute atomic E-state index is 0.349. The molecule has 1 aliphatic rings. The highest BCUT2D eigenvalue weighted by molar-refractivity contribution is 7.13. The Hall–Kier alpha value is -0.650. The number of thiazole rings is 1. The Kier molecular flexibility index (Phi) is 5.60. The van der Waals surface area contributed by atoms with Crippen LogP contribution >= 0.6 is 11.3 Å². The van der Waals surface area contributed by atoms with Crippen molar-refractivity contribution in [3.63, 3.8) is 0 Å². The number of ether oxygens (including phenoxy) is 1. The maximum absolute atomic E-state index is 5.24. The predicted octanol–water partition coefficient (Wildman–Crippen LogP) is 2.68. The SMILES string of the molecule is CCCNC(C)c1csc(N2CCC(COC)C2)n1. The molecule has 1 aromatic rings. The van der Waals surface area contributed by atoms with Crippen LogP contribution in [-0.2, 0) is 4.74 Å². The summed E-state index contributed by atoms with van der Waals surface area (Å²) in [6.45, 7) is 8.48. The number of nitrogens with zero attached hydrogens (tertiary/aromatic N) is 2. The Morgan fingerprint density at radius 1 is 1.63 bits per heavy atom. The average Bonchev–Trinajstić information content (AvgIpc) is 3.04. The van der Waals surface area contributed by atoms with Crippen LogP contribution in [0.3, 0.4) is 0 Å². The van der Waals surface area contributed by atoms with Crippen molar-refractivity contribution < 1.29 is 4.74 Å². The van der Waals surface area contributed by atoms with Crippen molar-refractivity contribution in [2.24, 2.45) is 5.92 Å². The van der Waals surface area contributed by atoms with E-state index < -0.39 is 0 Å². The first-order valence-corrected chi connectivity index (χ1v) is 8.05. The molecular formula is C14H25N3OS. The summed E-state index contributed by atoms with van der Waals surface area (Å²) in [6.07, 6.45) is 2.37. The summed E-state index contributed by atoms with van der Waals surface area (Å²) in [4.78, 5) is 7.17. The quantitative estimate of drug-likeness (QED) is 0.835. The van der Waals surface area contributed by atoms with Gasteiger partial charge in [0, 0.05) is 37.5 Å². The Morgan fingerprint density at radius 2 is 2.47 bits per heavy atom. The smallest absolute Gasteiger partial charge is 0.185 e. The van der Waals surface area contributed by atoms with E-state index in [0.29, 0.717) is 12.0 Å². The van der Waals surface area contributed by atoms with Gasteiger partial charge in [-0.1, -0.05) is 6.92 Å². The van der Waals surface area contributed by atoms with Crippen LogP contribution < -0.4 is 10.2 Å². The number of aromatic nitrogens is 1. The van der Waals surface area contributed by atoms with Crippen LogP contribution in [0.1, 0.15) is 38.4 Å². The minimum atomic E-state index is 0.349. The second-order valence-electron chi connectivity index (χ2n) is 5.29. The molecule has 5 heteroatoms. The minimum Gasteiger partial charge on any atom is -0.384 e. The van der Waals surface area contributed by atoms with Crippen LogP contribution in [0.4, 0.5) is 5.13 Å². The van der Waals surface area contributed by atoms with Crippen molar-refractivity contribution in [3.05, 3.63) is 11.1 Å². The highest BCUT2D eigenvalue weighted by Gasteiger charge is 2.24. The number of methoxy groups -OCH3 is 1. The third kappa shape index (κ3) is 3.91. The van der Waals surface area contributed by atoms with E-state index in [-0.39, 0.29) is 0 Å². The summed E-state index contributed by atoms with van der Waals surface area (Å²) in [5.41, 5.74) is 1.17. The third-order valence-electron chi connectivity index (χ3n) is 3.61. The lowest BCUT2D eigenvalue weighted by molar-refractivity contribution is 0.161. The average molecular weight is 283 g/mol. The van der Waals surface area contributed by atoms with Gasteiger partial charge in [0.05, 0.1) is 12.3 Å². The Balaban J connectivity index is 1.90. The van der Waals surface area contributed by atoms with E-state index in [9.17, 15) is 0 Å². The monoisotopic (exact) mass is 283 g/mol. The van der Waals surface area contributed by atoms with Crippen LogP contribution in [0.15, 0.2) is 5.38 Å². The number of nitrogens with one attached hydrogen (secondary N) is 1. The van der Waals surface area contributed by atoms with E-state index in [4.69, 9.17) is 9.72 Å². The summed E-state index contributed by atoms with van der Waals surface area (Å²) in [5, 5.41) is 6.84. The van der Waals surface area contributed by atoms with Crippen molar-refractivity contribution in [2.75, 3.05) is 38.3 Å². The second-order valence-corrected chi connectivity index (χ2v) is 6.12. The normalized spacial score (nSPS) is 21.0. The summed E-state index contributed by atoms with van der Waals surface area (Å²) in [7, 11) is 1.78. The molecule has 1 fully saturated rings. The molecule has 1 aromatic heterocycles. The highest BCUT2D eigenvalue weighted by Crippen LogP contribution is 2.28. The van der Waals surface area contributed by atoms with Crippen LogP contribution in [0, 0.1) is 5.92 Å². The standard InChI is InChI=1S/C14H25N3OS/c1-4-6-15-11(2)13-10-19-14(16-13)17-7-5-12(8-17)9-18-3/h10-12,15H,4-9H2,1-3H3. The summed E-state index contributed by atoms with van der Waals surface area (Å²) in [5.74, 6) is 0.660.